The van der Waals surface area contributed by atoms with Gasteiger partial charge < -0.3 is 19.8 Å². The van der Waals surface area contributed by atoms with Gasteiger partial charge in [-0.1, -0.05) is 17.7 Å². The van der Waals surface area contributed by atoms with E-state index in [-0.39, 0.29) is 18.0 Å². The Labute approximate surface area is 161 Å². The van der Waals surface area contributed by atoms with E-state index in [4.69, 9.17) is 4.74 Å². The Morgan fingerprint density at radius 1 is 1.11 bits per heavy atom. The molecule has 1 aromatic rings. The van der Waals surface area contributed by atoms with Crippen LogP contribution in [-0.2, 0) is 14.8 Å². The number of hydrogen-bond donors (Lipinski definition) is 3. The van der Waals surface area contributed by atoms with Gasteiger partial charge in [-0.15, -0.1) is 0 Å². The zero-order valence-corrected chi connectivity index (χ0v) is 17.2. The van der Waals surface area contributed by atoms with E-state index < -0.39 is 34.4 Å². The maximum absolute atomic E-state index is 12.5. The van der Waals surface area contributed by atoms with E-state index in [0.29, 0.717) is 6.54 Å². The molecule has 2 rings (SSSR count). The van der Waals surface area contributed by atoms with Crippen molar-refractivity contribution in [2.24, 2.45) is 0 Å². The van der Waals surface area contributed by atoms with Crippen molar-refractivity contribution in [2.45, 2.75) is 36.2 Å². The third kappa shape index (κ3) is 5.71. The fourth-order valence-corrected chi connectivity index (χ4v) is 4.23. The summed E-state index contributed by atoms with van der Waals surface area (Å²) in [6, 6.07) is 6.18. The number of ether oxygens (including phenoxy) is 1. The van der Waals surface area contributed by atoms with Crippen LogP contribution >= 0.6 is 0 Å². The van der Waals surface area contributed by atoms with Crippen molar-refractivity contribution < 1.29 is 23.4 Å². The fraction of sp³-hybridized carbons (Fsp3) is 0.667. The molecule has 0 aliphatic carbocycles. The van der Waals surface area contributed by atoms with Crippen molar-refractivity contribution >= 4 is 10.0 Å². The molecule has 27 heavy (non-hydrogen) atoms. The number of hydrogen-bond acceptors (Lipinski definition) is 7. The van der Waals surface area contributed by atoms with Gasteiger partial charge in [0.1, 0.15) is 12.2 Å². The molecule has 0 bridgehead atoms. The van der Waals surface area contributed by atoms with Crippen LogP contribution in [0.25, 0.3) is 0 Å². The van der Waals surface area contributed by atoms with Gasteiger partial charge in [-0.25, -0.2) is 13.1 Å². The molecule has 0 unspecified atom stereocenters. The minimum Gasteiger partial charge on any atom is -0.394 e. The monoisotopic (exact) mass is 401 g/mol. The molecule has 1 aromatic carbocycles. The second kappa shape index (κ2) is 9.42. The first kappa shape index (κ1) is 22.2. The molecule has 1 fully saturated rings. The van der Waals surface area contributed by atoms with Gasteiger partial charge in [0.05, 0.1) is 23.6 Å². The molecule has 1 heterocycles. The van der Waals surface area contributed by atoms with Gasteiger partial charge in [-0.3, -0.25) is 4.90 Å². The lowest BCUT2D eigenvalue weighted by Crippen LogP contribution is -2.51. The first-order valence-corrected chi connectivity index (χ1v) is 10.5. The van der Waals surface area contributed by atoms with Crippen LogP contribution in [0, 0.1) is 6.92 Å². The van der Waals surface area contributed by atoms with Gasteiger partial charge >= 0.3 is 0 Å². The van der Waals surface area contributed by atoms with E-state index in [1.165, 1.54) is 0 Å². The van der Waals surface area contributed by atoms with Crippen LogP contribution in [0.4, 0.5) is 0 Å². The largest absolute Gasteiger partial charge is 0.394 e. The zero-order valence-electron chi connectivity index (χ0n) is 16.4. The number of nitrogens with one attached hydrogen (secondary N) is 1. The van der Waals surface area contributed by atoms with Crippen LogP contribution in [0.15, 0.2) is 29.2 Å². The van der Waals surface area contributed by atoms with Gasteiger partial charge in [0.2, 0.25) is 10.0 Å². The highest BCUT2D eigenvalue weighted by atomic mass is 32.2. The first-order chi connectivity index (χ1) is 12.7. The van der Waals surface area contributed by atoms with E-state index in [0.717, 1.165) is 12.1 Å². The second-order valence-electron chi connectivity index (χ2n) is 7.33. The summed E-state index contributed by atoms with van der Waals surface area (Å²) in [7, 11) is 2.10. The number of aliphatic hydroxyl groups excluding tert-OH is 2. The van der Waals surface area contributed by atoms with Crippen molar-refractivity contribution in [1.82, 2.24) is 14.5 Å². The third-order valence-corrected chi connectivity index (χ3v) is 6.30. The Morgan fingerprint density at radius 3 is 2.30 bits per heavy atom. The van der Waals surface area contributed by atoms with E-state index in [9.17, 15) is 18.6 Å². The van der Waals surface area contributed by atoms with Crippen molar-refractivity contribution in [2.75, 3.05) is 47.4 Å². The van der Waals surface area contributed by atoms with Crippen LogP contribution in [0.5, 0.6) is 0 Å². The molecule has 0 aromatic heterocycles. The normalized spacial score (nSPS) is 26.2. The van der Waals surface area contributed by atoms with Crippen molar-refractivity contribution in [1.29, 1.82) is 0 Å². The summed E-state index contributed by atoms with van der Waals surface area (Å²) in [4.78, 5) is 4.16. The minimum atomic E-state index is -3.68. The molecule has 0 amide bonds. The number of likely N-dealkylation sites (N-methyl/N-ethyl adjacent to an activating group) is 2. The highest BCUT2D eigenvalue weighted by Gasteiger charge is 2.45. The van der Waals surface area contributed by atoms with E-state index in [1.807, 2.05) is 37.9 Å². The summed E-state index contributed by atoms with van der Waals surface area (Å²) < 4.78 is 33.4. The number of aryl methyl sites for hydroxylation is 1. The fourth-order valence-electron chi connectivity index (χ4n) is 3.19. The second-order valence-corrected chi connectivity index (χ2v) is 9.09. The lowest BCUT2D eigenvalue weighted by Gasteiger charge is -2.31. The topological polar surface area (TPSA) is 102 Å². The van der Waals surface area contributed by atoms with Crippen molar-refractivity contribution in [3.05, 3.63) is 29.8 Å². The van der Waals surface area contributed by atoms with Gasteiger partial charge in [0.15, 0.2) is 0 Å². The Hall–Kier alpha value is -1.07. The van der Waals surface area contributed by atoms with E-state index >= 15 is 0 Å². The Morgan fingerprint density at radius 2 is 1.74 bits per heavy atom. The lowest BCUT2D eigenvalue weighted by molar-refractivity contribution is -0.0201. The molecule has 1 aliphatic heterocycles. The maximum atomic E-state index is 12.5. The van der Waals surface area contributed by atoms with Crippen LogP contribution in [0.2, 0.25) is 0 Å². The van der Waals surface area contributed by atoms with E-state index in [2.05, 4.69) is 4.72 Å². The molecule has 4 atom stereocenters. The summed E-state index contributed by atoms with van der Waals surface area (Å²) in [5.74, 6) is 0. The Kier molecular flexibility index (Phi) is 7.75. The van der Waals surface area contributed by atoms with Crippen molar-refractivity contribution in [3.63, 3.8) is 0 Å². The molecule has 9 heteroatoms. The quantitative estimate of drug-likeness (QED) is 0.501. The molecule has 154 valence electrons. The molecule has 3 N–H and O–H groups in total. The highest BCUT2D eigenvalue weighted by Crippen LogP contribution is 2.25. The summed E-state index contributed by atoms with van der Waals surface area (Å²) in [6.45, 7) is 3.05. The molecule has 0 spiro atoms. The standard InChI is InChI=1S/C18H31N3O5S/c1-13-5-7-14(8-6-13)27(24,25)19-11-15-17(18(23)16(12-22)26-15)21(4)10-9-20(2)3/h5-8,15-19,22-23H,9-12H2,1-4H3/t15-,16+,17+,18-/m1/s1. The van der Waals surface area contributed by atoms with Gasteiger partial charge in [-0.05, 0) is 40.2 Å². The SMILES string of the molecule is Cc1ccc(S(=O)(=O)NC[C@H]2O[C@@H](CO)[C@@H](O)[C@H]2N(C)CCN(C)C)cc1. The maximum Gasteiger partial charge on any atom is 0.240 e. The number of sulfonamides is 1. The summed E-state index contributed by atoms with van der Waals surface area (Å²) in [6.07, 6.45) is -2.19. The average Bonchev–Trinajstić information content (AvgIpc) is 2.94. The molecular formula is C18H31N3O5S. The highest BCUT2D eigenvalue weighted by molar-refractivity contribution is 7.89. The smallest absolute Gasteiger partial charge is 0.240 e. The first-order valence-electron chi connectivity index (χ1n) is 9.01. The van der Waals surface area contributed by atoms with Gasteiger partial charge in [0.25, 0.3) is 0 Å². The summed E-state index contributed by atoms with van der Waals surface area (Å²) >= 11 is 0. The molecule has 1 aliphatic rings. The third-order valence-electron chi connectivity index (χ3n) is 4.86. The van der Waals surface area contributed by atoms with Crippen LogP contribution < -0.4 is 4.72 Å². The molecular weight excluding hydrogens is 370 g/mol. The molecule has 8 nitrogen and oxygen atoms in total. The minimum absolute atomic E-state index is 0.0146. The van der Waals surface area contributed by atoms with Crippen LogP contribution in [-0.4, -0.2) is 100 Å². The molecule has 0 radical (unpaired) electrons. The number of benzene rings is 1. The summed E-state index contributed by atoms with van der Waals surface area (Å²) in [5.41, 5.74) is 0.976. The van der Waals surface area contributed by atoms with Crippen LogP contribution in [0.1, 0.15) is 5.56 Å². The summed E-state index contributed by atoms with van der Waals surface area (Å²) in [5, 5.41) is 20.0. The zero-order chi connectivity index (χ0) is 20.2. The molecule has 0 saturated carbocycles. The predicted molar refractivity (Wildman–Crippen MR) is 103 cm³/mol. The number of rotatable bonds is 9. The Bertz CT molecular complexity index is 695. The van der Waals surface area contributed by atoms with Gasteiger partial charge in [-0.2, -0.15) is 0 Å². The van der Waals surface area contributed by atoms with Crippen molar-refractivity contribution in [3.8, 4) is 0 Å². The lowest BCUT2D eigenvalue weighted by atomic mass is 10.0. The van der Waals surface area contributed by atoms with Gasteiger partial charge in [0, 0.05) is 19.6 Å². The molecule has 1 saturated heterocycles. The van der Waals surface area contributed by atoms with E-state index in [1.54, 1.807) is 24.3 Å². The van der Waals surface area contributed by atoms with Crippen LogP contribution in [0.3, 0.4) is 0 Å². The number of nitrogens with zero attached hydrogens (tertiary/aromatic N) is 2. The Balaban J connectivity index is 2.08. The number of aliphatic hydroxyl groups is 2. The predicted octanol–water partition coefficient (Wildman–Crippen LogP) is -0.744. The average molecular weight is 402 g/mol.